The quantitative estimate of drug-likeness (QED) is 0.646. The van der Waals surface area contributed by atoms with Crippen molar-refractivity contribution in [1.29, 1.82) is 0 Å². The van der Waals surface area contributed by atoms with Crippen LogP contribution in [0.1, 0.15) is 30.9 Å². The van der Waals surface area contributed by atoms with Crippen molar-refractivity contribution in [2.75, 3.05) is 39.3 Å². The van der Waals surface area contributed by atoms with E-state index >= 15 is 0 Å². The van der Waals surface area contributed by atoms with Gasteiger partial charge in [0, 0.05) is 44.5 Å². The van der Waals surface area contributed by atoms with Gasteiger partial charge in [0.15, 0.2) is 5.76 Å². The Hall–Kier alpha value is -3.59. The summed E-state index contributed by atoms with van der Waals surface area (Å²) in [6.45, 7) is 5.20. The highest BCUT2D eigenvalue weighted by atomic mass is 16.3. The number of fused-ring (bicyclic) bond motifs is 1. The number of carbonyl (C=O) groups is 2. The molecule has 2 aliphatic rings. The number of urea groups is 1. The van der Waals surface area contributed by atoms with E-state index in [1.807, 2.05) is 49.4 Å². The van der Waals surface area contributed by atoms with Crippen molar-refractivity contribution in [3.8, 4) is 0 Å². The number of hydrogen-bond acceptors (Lipinski definition) is 6. The molecule has 1 unspecified atom stereocenters. The maximum Gasteiger partial charge on any atom is 0.317 e. The zero-order valence-electron chi connectivity index (χ0n) is 18.6. The molecular weight excluding hydrogens is 422 g/mol. The molecule has 9 heteroatoms. The van der Waals surface area contributed by atoms with Crippen LogP contribution in [0.4, 0.5) is 4.79 Å². The molecule has 33 heavy (non-hydrogen) atoms. The number of amides is 3. The third-order valence-electron chi connectivity index (χ3n) is 6.09. The van der Waals surface area contributed by atoms with Crippen molar-refractivity contribution in [3.63, 3.8) is 0 Å². The van der Waals surface area contributed by atoms with Crippen molar-refractivity contribution in [1.82, 2.24) is 20.1 Å². The van der Waals surface area contributed by atoms with Crippen LogP contribution >= 0.6 is 0 Å². The predicted octanol–water partition coefficient (Wildman–Crippen LogP) is 3.05. The second-order valence-corrected chi connectivity index (χ2v) is 8.27. The van der Waals surface area contributed by atoms with Crippen molar-refractivity contribution in [3.05, 3.63) is 60.2 Å². The van der Waals surface area contributed by atoms with Crippen LogP contribution in [-0.2, 0) is 4.79 Å². The Bertz CT molecular complexity index is 1130. The lowest BCUT2D eigenvalue weighted by Gasteiger charge is -2.34. The number of nitrogens with zero attached hydrogens (tertiary/aromatic N) is 4. The van der Waals surface area contributed by atoms with E-state index in [1.165, 1.54) is 5.01 Å². The number of hydrogen-bond donors (Lipinski definition) is 1. The maximum atomic E-state index is 13.3. The van der Waals surface area contributed by atoms with E-state index in [2.05, 4.69) is 15.3 Å². The number of furan rings is 2. The van der Waals surface area contributed by atoms with Crippen LogP contribution < -0.4 is 5.32 Å². The topological polar surface area (TPSA) is 94.5 Å². The van der Waals surface area contributed by atoms with E-state index in [9.17, 15) is 9.59 Å². The summed E-state index contributed by atoms with van der Waals surface area (Å²) < 4.78 is 11.6. The second-order valence-electron chi connectivity index (χ2n) is 8.27. The first-order valence-corrected chi connectivity index (χ1v) is 11.3. The minimum absolute atomic E-state index is 0.0546. The highest BCUT2D eigenvalue weighted by Gasteiger charge is 2.37. The average molecular weight is 450 g/mol. The molecule has 1 saturated heterocycles. The molecule has 1 N–H and O–H groups in total. The Labute approximate surface area is 191 Å². The number of benzene rings is 1. The Morgan fingerprint density at radius 1 is 1.12 bits per heavy atom. The third kappa shape index (κ3) is 4.36. The fourth-order valence-electron chi connectivity index (χ4n) is 4.35. The standard InChI is InChI=1S/C24H27N5O4/c1-2-25-24(31)28-11-9-27(10-12-28)16-23(30)29-19(21-8-5-13-32-21)15-18(26-29)22-14-17-6-3-4-7-20(17)33-22/h3-8,13-14,19H,2,9-12,15-16H2,1H3,(H,25,31). The van der Waals surface area contributed by atoms with Gasteiger partial charge in [-0.25, -0.2) is 9.80 Å². The minimum Gasteiger partial charge on any atom is -0.467 e. The summed E-state index contributed by atoms with van der Waals surface area (Å²) in [7, 11) is 0. The van der Waals surface area contributed by atoms with Gasteiger partial charge in [0.25, 0.3) is 5.91 Å². The zero-order chi connectivity index (χ0) is 22.8. The molecule has 5 rings (SSSR count). The average Bonchev–Trinajstić information content (AvgIpc) is 3.58. The maximum absolute atomic E-state index is 13.3. The van der Waals surface area contributed by atoms with E-state index in [4.69, 9.17) is 8.83 Å². The van der Waals surface area contributed by atoms with Crippen LogP contribution in [0.2, 0.25) is 0 Å². The summed E-state index contributed by atoms with van der Waals surface area (Å²) in [5.74, 6) is 1.26. The molecule has 172 valence electrons. The Morgan fingerprint density at radius 2 is 1.94 bits per heavy atom. The lowest BCUT2D eigenvalue weighted by molar-refractivity contribution is -0.134. The summed E-state index contributed by atoms with van der Waals surface area (Å²) in [6, 6.07) is 13.1. The molecule has 4 heterocycles. The van der Waals surface area contributed by atoms with Crippen LogP contribution in [0.3, 0.4) is 0 Å². The summed E-state index contributed by atoms with van der Waals surface area (Å²) in [6.07, 6.45) is 2.13. The van der Waals surface area contributed by atoms with Gasteiger partial charge in [-0.15, -0.1) is 0 Å². The first-order chi connectivity index (χ1) is 16.1. The summed E-state index contributed by atoms with van der Waals surface area (Å²) in [5, 5.41) is 10.0. The van der Waals surface area contributed by atoms with Crippen molar-refractivity contribution >= 4 is 28.6 Å². The molecule has 1 atom stereocenters. The molecule has 0 aliphatic carbocycles. The molecule has 0 bridgehead atoms. The van der Waals surface area contributed by atoms with Gasteiger partial charge in [-0.2, -0.15) is 5.10 Å². The van der Waals surface area contributed by atoms with Crippen LogP contribution in [0.15, 0.2) is 62.7 Å². The highest BCUT2D eigenvalue weighted by molar-refractivity contribution is 6.03. The summed E-state index contributed by atoms with van der Waals surface area (Å²) in [4.78, 5) is 29.2. The molecule has 1 aromatic carbocycles. The molecule has 3 aromatic rings. The molecule has 0 radical (unpaired) electrons. The summed E-state index contributed by atoms with van der Waals surface area (Å²) >= 11 is 0. The number of rotatable bonds is 5. The Kier molecular flexibility index (Phi) is 5.87. The van der Waals surface area contributed by atoms with Gasteiger partial charge in [-0.3, -0.25) is 9.69 Å². The normalized spacial score (nSPS) is 19.2. The van der Waals surface area contributed by atoms with Gasteiger partial charge in [-0.05, 0) is 31.2 Å². The van der Waals surface area contributed by atoms with Gasteiger partial charge < -0.3 is 19.1 Å². The monoisotopic (exact) mass is 449 g/mol. The first-order valence-electron chi connectivity index (χ1n) is 11.3. The van der Waals surface area contributed by atoms with Crippen LogP contribution in [0.25, 0.3) is 11.0 Å². The van der Waals surface area contributed by atoms with Crippen molar-refractivity contribution in [2.45, 2.75) is 19.4 Å². The molecular formula is C24H27N5O4. The molecule has 0 spiro atoms. The van der Waals surface area contributed by atoms with Gasteiger partial charge in [0.05, 0.1) is 12.8 Å². The highest BCUT2D eigenvalue weighted by Crippen LogP contribution is 2.34. The lowest BCUT2D eigenvalue weighted by Crippen LogP contribution is -2.53. The minimum atomic E-state index is -0.313. The van der Waals surface area contributed by atoms with Crippen molar-refractivity contribution < 1.29 is 18.4 Å². The second kappa shape index (κ2) is 9.11. The lowest BCUT2D eigenvalue weighted by atomic mass is 10.1. The van der Waals surface area contributed by atoms with Crippen LogP contribution in [0, 0.1) is 0 Å². The van der Waals surface area contributed by atoms with Gasteiger partial charge in [-0.1, -0.05) is 18.2 Å². The van der Waals surface area contributed by atoms with E-state index < -0.39 is 0 Å². The van der Waals surface area contributed by atoms with Gasteiger partial charge >= 0.3 is 6.03 Å². The number of hydrazone groups is 1. The zero-order valence-corrected chi connectivity index (χ0v) is 18.6. The van der Waals surface area contributed by atoms with Crippen molar-refractivity contribution in [2.24, 2.45) is 5.10 Å². The SMILES string of the molecule is CCNC(=O)N1CCN(CC(=O)N2N=C(c3cc4ccccc4o3)CC2c2ccco2)CC1. The fraction of sp³-hybridized carbons (Fsp3) is 0.375. The summed E-state index contributed by atoms with van der Waals surface area (Å²) in [5.41, 5.74) is 1.52. The Morgan fingerprint density at radius 3 is 2.67 bits per heavy atom. The van der Waals surface area contributed by atoms with Crippen LogP contribution in [-0.4, -0.2) is 71.7 Å². The molecule has 1 fully saturated rings. The third-order valence-corrected chi connectivity index (χ3v) is 6.09. The number of para-hydroxylation sites is 1. The molecule has 2 aromatic heterocycles. The van der Waals surface area contributed by atoms with E-state index in [0.717, 1.165) is 16.7 Å². The van der Waals surface area contributed by atoms with Gasteiger partial charge in [0.2, 0.25) is 0 Å². The molecule has 0 saturated carbocycles. The number of piperazine rings is 1. The predicted molar refractivity (Wildman–Crippen MR) is 123 cm³/mol. The number of carbonyl (C=O) groups excluding carboxylic acids is 2. The number of nitrogens with one attached hydrogen (secondary N) is 1. The molecule has 9 nitrogen and oxygen atoms in total. The fourth-order valence-corrected chi connectivity index (χ4v) is 4.35. The van der Waals surface area contributed by atoms with E-state index in [0.29, 0.717) is 50.7 Å². The van der Waals surface area contributed by atoms with E-state index in [1.54, 1.807) is 11.2 Å². The largest absolute Gasteiger partial charge is 0.467 e. The molecule has 3 amide bonds. The molecule has 2 aliphatic heterocycles. The smallest absolute Gasteiger partial charge is 0.317 e. The van der Waals surface area contributed by atoms with E-state index in [-0.39, 0.29) is 24.5 Å². The van der Waals surface area contributed by atoms with Crippen LogP contribution in [0.5, 0.6) is 0 Å². The Balaban J connectivity index is 1.31. The van der Waals surface area contributed by atoms with Gasteiger partial charge in [0.1, 0.15) is 23.1 Å². The first kappa shape index (κ1) is 21.3.